The Bertz CT molecular complexity index is 820. The van der Waals surface area contributed by atoms with Crippen molar-refractivity contribution in [3.8, 4) is 0 Å². The fourth-order valence-corrected chi connectivity index (χ4v) is 3.40. The van der Waals surface area contributed by atoms with Gasteiger partial charge < -0.3 is 4.74 Å². The monoisotopic (exact) mass is 354 g/mol. The zero-order chi connectivity index (χ0) is 17.0. The molecular formula is C15H15ClN2O4S. The van der Waals surface area contributed by atoms with Crippen LogP contribution in [0.4, 0.5) is 5.69 Å². The molecule has 0 bridgehead atoms. The van der Waals surface area contributed by atoms with Crippen molar-refractivity contribution in [1.29, 1.82) is 0 Å². The number of hydrogen-bond donors (Lipinski definition) is 1. The third-order valence-corrected chi connectivity index (χ3v) is 4.70. The van der Waals surface area contributed by atoms with E-state index in [1.165, 1.54) is 30.5 Å². The maximum atomic E-state index is 12.4. The molecule has 0 aliphatic rings. The lowest BCUT2D eigenvalue weighted by atomic mass is 10.2. The third kappa shape index (κ3) is 4.20. The number of esters is 1. The minimum absolute atomic E-state index is 0.109. The van der Waals surface area contributed by atoms with Gasteiger partial charge >= 0.3 is 5.97 Å². The Morgan fingerprint density at radius 1 is 1.30 bits per heavy atom. The van der Waals surface area contributed by atoms with Crippen molar-refractivity contribution in [3.63, 3.8) is 0 Å². The summed E-state index contributed by atoms with van der Waals surface area (Å²) in [5.41, 5.74) is 0.881. The number of halogens is 1. The number of anilines is 1. The fourth-order valence-electron chi connectivity index (χ4n) is 1.90. The van der Waals surface area contributed by atoms with Crippen LogP contribution in [-0.2, 0) is 14.8 Å². The topological polar surface area (TPSA) is 85.4 Å². The average Bonchev–Trinajstić information content (AvgIpc) is 2.47. The van der Waals surface area contributed by atoms with E-state index in [4.69, 9.17) is 16.3 Å². The Labute approximate surface area is 139 Å². The van der Waals surface area contributed by atoms with E-state index in [1.54, 1.807) is 19.9 Å². The van der Waals surface area contributed by atoms with E-state index in [2.05, 4.69) is 9.71 Å². The number of benzene rings is 1. The van der Waals surface area contributed by atoms with Gasteiger partial charge in [0.05, 0.1) is 23.4 Å². The highest BCUT2D eigenvalue weighted by molar-refractivity contribution is 7.92. The van der Waals surface area contributed by atoms with Crippen LogP contribution in [-0.4, -0.2) is 26.0 Å². The predicted octanol–water partition coefficient (Wildman–Crippen LogP) is 3.02. The molecule has 2 aromatic rings. The molecule has 1 heterocycles. The zero-order valence-electron chi connectivity index (χ0n) is 12.5. The van der Waals surface area contributed by atoms with E-state index in [1.807, 2.05) is 0 Å². The number of pyridine rings is 1. The maximum Gasteiger partial charge on any atom is 0.356 e. The van der Waals surface area contributed by atoms with Gasteiger partial charge in [-0.15, -0.1) is 0 Å². The number of sulfonamides is 1. The molecular weight excluding hydrogens is 340 g/mol. The summed E-state index contributed by atoms with van der Waals surface area (Å²) in [6.07, 6.45) is 1.26. The van der Waals surface area contributed by atoms with Crippen molar-refractivity contribution in [2.45, 2.75) is 18.7 Å². The van der Waals surface area contributed by atoms with Gasteiger partial charge in [0, 0.05) is 5.02 Å². The molecule has 0 aliphatic heterocycles. The number of aromatic nitrogens is 1. The van der Waals surface area contributed by atoms with Crippen molar-refractivity contribution in [3.05, 3.63) is 52.8 Å². The molecule has 122 valence electrons. The second-order valence-electron chi connectivity index (χ2n) is 4.67. The molecule has 0 spiro atoms. The summed E-state index contributed by atoms with van der Waals surface area (Å²) >= 11 is 5.83. The number of nitrogens with one attached hydrogen (secondary N) is 1. The summed E-state index contributed by atoms with van der Waals surface area (Å²) in [7, 11) is -3.77. The molecule has 0 fully saturated rings. The van der Waals surface area contributed by atoms with Gasteiger partial charge in [-0.25, -0.2) is 18.2 Å². The first-order chi connectivity index (χ1) is 10.8. The first-order valence-corrected chi connectivity index (χ1v) is 8.61. The second-order valence-corrected chi connectivity index (χ2v) is 6.76. The van der Waals surface area contributed by atoms with Gasteiger partial charge in [-0.05, 0) is 49.7 Å². The van der Waals surface area contributed by atoms with Crippen LogP contribution in [0.1, 0.15) is 23.0 Å². The van der Waals surface area contributed by atoms with E-state index < -0.39 is 16.0 Å². The van der Waals surface area contributed by atoms with Crippen LogP contribution in [0.2, 0.25) is 5.02 Å². The first-order valence-electron chi connectivity index (χ1n) is 6.75. The highest BCUT2D eigenvalue weighted by Gasteiger charge is 2.17. The van der Waals surface area contributed by atoms with Crippen LogP contribution in [0, 0.1) is 6.92 Å². The third-order valence-electron chi connectivity index (χ3n) is 2.93. The minimum atomic E-state index is -3.77. The van der Waals surface area contributed by atoms with Gasteiger partial charge in [-0.1, -0.05) is 11.6 Å². The van der Waals surface area contributed by atoms with Crippen LogP contribution in [0.5, 0.6) is 0 Å². The molecule has 0 saturated carbocycles. The van der Waals surface area contributed by atoms with Crippen molar-refractivity contribution in [1.82, 2.24) is 4.98 Å². The molecule has 1 aromatic heterocycles. The normalized spacial score (nSPS) is 11.1. The number of nitrogens with zero attached hydrogens (tertiary/aromatic N) is 1. The summed E-state index contributed by atoms with van der Waals surface area (Å²) in [6.45, 7) is 3.59. The number of rotatable bonds is 5. The molecule has 23 heavy (non-hydrogen) atoms. The van der Waals surface area contributed by atoms with Crippen molar-refractivity contribution in [2.75, 3.05) is 11.3 Å². The van der Waals surface area contributed by atoms with E-state index in [0.29, 0.717) is 10.6 Å². The number of ether oxygens (including phenoxy) is 1. The Hall–Kier alpha value is -2.12. The highest BCUT2D eigenvalue weighted by atomic mass is 35.5. The van der Waals surface area contributed by atoms with Crippen LogP contribution in [0.15, 0.2) is 41.4 Å². The molecule has 6 nitrogen and oxygen atoms in total. The average molecular weight is 355 g/mol. The fraction of sp³-hybridized carbons (Fsp3) is 0.200. The van der Waals surface area contributed by atoms with E-state index in [-0.39, 0.29) is 22.9 Å². The number of aryl methyl sites for hydroxylation is 1. The molecule has 0 radical (unpaired) electrons. The molecule has 1 aromatic carbocycles. The lowest BCUT2D eigenvalue weighted by Crippen LogP contribution is -2.15. The standard InChI is InChI=1S/C15H15ClN2O4S/c1-3-22-15(19)13-6-5-12(9-17-13)18-23(20,21)14-7-4-11(16)8-10(14)2/h4-9,18H,3H2,1-2H3. The highest BCUT2D eigenvalue weighted by Crippen LogP contribution is 2.22. The Morgan fingerprint density at radius 3 is 2.61 bits per heavy atom. The Kier molecular flexibility index (Phi) is 5.23. The molecule has 0 unspecified atom stereocenters. The van der Waals surface area contributed by atoms with Crippen molar-refractivity contribution < 1.29 is 17.9 Å². The number of hydrogen-bond acceptors (Lipinski definition) is 5. The van der Waals surface area contributed by atoms with Gasteiger partial charge in [0.15, 0.2) is 0 Å². The van der Waals surface area contributed by atoms with Gasteiger partial charge in [0.1, 0.15) is 5.69 Å². The molecule has 2 rings (SSSR count). The molecule has 0 aliphatic carbocycles. The van der Waals surface area contributed by atoms with E-state index in [0.717, 1.165) is 0 Å². The quantitative estimate of drug-likeness (QED) is 0.834. The van der Waals surface area contributed by atoms with Gasteiger partial charge in [0.25, 0.3) is 10.0 Å². The van der Waals surface area contributed by atoms with E-state index >= 15 is 0 Å². The maximum absolute atomic E-state index is 12.4. The summed E-state index contributed by atoms with van der Waals surface area (Å²) < 4.78 is 32.0. The smallest absolute Gasteiger partial charge is 0.356 e. The summed E-state index contributed by atoms with van der Waals surface area (Å²) in [5.74, 6) is -0.560. The first kappa shape index (κ1) is 17.2. The van der Waals surface area contributed by atoms with E-state index in [9.17, 15) is 13.2 Å². The Morgan fingerprint density at radius 2 is 2.04 bits per heavy atom. The minimum Gasteiger partial charge on any atom is -0.461 e. The largest absolute Gasteiger partial charge is 0.461 e. The van der Waals surface area contributed by atoms with Gasteiger partial charge in [-0.2, -0.15) is 0 Å². The van der Waals surface area contributed by atoms with Crippen molar-refractivity contribution >= 4 is 33.3 Å². The van der Waals surface area contributed by atoms with Gasteiger partial charge in [-0.3, -0.25) is 4.72 Å². The van der Waals surface area contributed by atoms with Crippen molar-refractivity contribution in [2.24, 2.45) is 0 Å². The predicted molar refractivity (Wildman–Crippen MR) is 87.2 cm³/mol. The molecule has 1 N–H and O–H groups in total. The number of carbonyl (C=O) groups is 1. The second kappa shape index (κ2) is 6.97. The summed E-state index contributed by atoms with van der Waals surface area (Å²) in [6, 6.07) is 7.34. The lowest BCUT2D eigenvalue weighted by molar-refractivity contribution is 0.0519. The zero-order valence-corrected chi connectivity index (χ0v) is 14.1. The molecule has 8 heteroatoms. The van der Waals surface area contributed by atoms with Crippen LogP contribution < -0.4 is 4.72 Å². The number of carbonyl (C=O) groups excluding carboxylic acids is 1. The molecule has 0 atom stereocenters. The van der Waals surface area contributed by atoms with Gasteiger partial charge in [0.2, 0.25) is 0 Å². The van der Waals surface area contributed by atoms with Crippen LogP contribution in [0.3, 0.4) is 0 Å². The van der Waals surface area contributed by atoms with Crippen LogP contribution in [0.25, 0.3) is 0 Å². The molecule has 0 amide bonds. The Balaban J connectivity index is 2.22. The summed E-state index contributed by atoms with van der Waals surface area (Å²) in [5, 5.41) is 0.460. The molecule has 0 saturated heterocycles. The SMILES string of the molecule is CCOC(=O)c1ccc(NS(=O)(=O)c2ccc(Cl)cc2C)cn1. The summed E-state index contributed by atoms with van der Waals surface area (Å²) in [4.78, 5) is 15.5. The lowest BCUT2D eigenvalue weighted by Gasteiger charge is -2.10. The van der Waals surface area contributed by atoms with Crippen LogP contribution >= 0.6 is 11.6 Å².